The molecule has 0 radical (unpaired) electrons. The molecule has 14 heteroatoms. The van der Waals surface area contributed by atoms with E-state index < -0.39 is 18.3 Å². The Balaban J connectivity index is 0.915. The number of nitrogens with one attached hydrogen (secondary N) is 4. The molecule has 0 spiro atoms. The predicted octanol–water partition coefficient (Wildman–Crippen LogP) is 7.47. The SMILES string of the molecule is CNC(=O)O[C@@H](C(=O)N1CCC[C@H]1c1ncc(-c2ccc(-c3ccc(-c4cnc([C@@H]5CCCN5C(=O)[C@H]5CCCC[C@H]5NC(=O)OC)[nH]4)cc3)cc2)[nH]1)c1ccccc1. The number of aromatic nitrogens is 4. The Morgan fingerprint density at radius 3 is 1.80 bits per heavy atom. The van der Waals surface area contributed by atoms with Gasteiger partial charge in [0.1, 0.15) is 11.6 Å². The van der Waals surface area contributed by atoms with E-state index in [1.54, 1.807) is 23.2 Å². The molecular weight excluding hydrogens is 749 g/mol. The van der Waals surface area contributed by atoms with Crippen molar-refractivity contribution in [2.45, 2.75) is 75.6 Å². The highest BCUT2D eigenvalue weighted by molar-refractivity contribution is 5.85. The summed E-state index contributed by atoms with van der Waals surface area (Å²) >= 11 is 0. The van der Waals surface area contributed by atoms with Crippen LogP contribution < -0.4 is 10.6 Å². The molecule has 306 valence electrons. The number of carbonyl (C=O) groups is 4. The van der Waals surface area contributed by atoms with E-state index in [-0.39, 0.29) is 35.9 Å². The zero-order chi connectivity index (χ0) is 40.9. The van der Waals surface area contributed by atoms with E-state index in [9.17, 15) is 19.2 Å². The predicted molar refractivity (Wildman–Crippen MR) is 220 cm³/mol. The summed E-state index contributed by atoms with van der Waals surface area (Å²) in [5, 5.41) is 5.35. The maximum atomic E-state index is 13.9. The van der Waals surface area contributed by atoms with Crippen LogP contribution in [0, 0.1) is 5.92 Å². The maximum absolute atomic E-state index is 13.9. The number of hydrogen-bond acceptors (Lipinski definition) is 8. The summed E-state index contributed by atoms with van der Waals surface area (Å²) in [5.41, 5.74) is 6.42. The fraction of sp³-hybridized carbons (Fsp3) is 0.378. The van der Waals surface area contributed by atoms with E-state index in [2.05, 4.69) is 69.1 Å². The van der Waals surface area contributed by atoms with Gasteiger partial charge in [0, 0.05) is 31.7 Å². The normalized spacial score (nSPS) is 20.8. The van der Waals surface area contributed by atoms with Crippen molar-refractivity contribution in [3.8, 4) is 33.6 Å². The van der Waals surface area contributed by atoms with Gasteiger partial charge in [-0.05, 0) is 60.8 Å². The van der Waals surface area contributed by atoms with Gasteiger partial charge < -0.3 is 39.9 Å². The van der Waals surface area contributed by atoms with Crippen molar-refractivity contribution in [1.82, 2.24) is 40.4 Å². The lowest BCUT2D eigenvalue weighted by atomic mass is 9.83. The van der Waals surface area contributed by atoms with Crippen LogP contribution in [0.1, 0.15) is 86.8 Å². The smallest absolute Gasteiger partial charge is 0.408 e. The lowest BCUT2D eigenvalue weighted by Crippen LogP contribution is -2.49. The minimum absolute atomic E-state index is 0.0746. The minimum atomic E-state index is -1.07. The van der Waals surface area contributed by atoms with Gasteiger partial charge >= 0.3 is 12.2 Å². The number of rotatable bonds is 10. The van der Waals surface area contributed by atoms with Gasteiger partial charge in [-0.1, -0.05) is 91.7 Å². The molecule has 14 nitrogen and oxygen atoms in total. The van der Waals surface area contributed by atoms with Crippen LogP contribution in [0.4, 0.5) is 9.59 Å². The number of likely N-dealkylation sites (tertiary alicyclic amines) is 2. The van der Waals surface area contributed by atoms with Crippen molar-refractivity contribution >= 4 is 24.0 Å². The first-order chi connectivity index (χ1) is 28.8. The third kappa shape index (κ3) is 8.43. The van der Waals surface area contributed by atoms with E-state index in [0.29, 0.717) is 24.5 Å². The van der Waals surface area contributed by atoms with Crippen LogP contribution in [-0.2, 0) is 19.1 Å². The summed E-state index contributed by atoms with van der Waals surface area (Å²) in [6.45, 7) is 1.21. The molecule has 3 fully saturated rings. The number of imidazole rings is 2. The van der Waals surface area contributed by atoms with Crippen molar-refractivity contribution < 1.29 is 28.7 Å². The van der Waals surface area contributed by atoms with Crippen LogP contribution >= 0.6 is 0 Å². The summed E-state index contributed by atoms with van der Waals surface area (Å²) < 4.78 is 10.4. The fourth-order valence-electron chi connectivity index (χ4n) is 8.85. The Bertz CT molecular complexity index is 2260. The van der Waals surface area contributed by atoms with Crippen LogP contribution in [0.3, 0.4) is 0 Å². The number of carbonyl (C=O) groups excluding carboxylic acids is 4. The average Bonchev–Trinajstić information content (AvgIpc) is 4.13. The number of hydrogen-bond donors (Lipinski definition) is 4. The number of H-pyrrole nitrogens is 2. The molecule has 5 atom stereocenters. The summed E-state index contributed by atoms with van der Waals surface area (Å²) in [4.78, 5) is 72.0. The zero-order valence-electron chi connectivity index (χ0n) is 33.4. The van der Waals surface area contributed by atoms with Crippen molar-refractivity contribution in [2.24, 2.45) is 5.92 Å². The van der Waals surface area contributed by atoms with Crippen LogP contribution in [0.5, 0.6) is 0 Å². The van der Waals surface area contributed by atoms with Crippen LogP contribution in [0.2, 0.25) is 0 Å². The van der Waals surface area contributed by atoms with Crippen LogP contribution in [-0.4, -0.2) is 87.0 Å². The Morgan fingerprint density at radius 1 is 0.678 bits per heavy atom. The second kappa shape index (κ2) is 17.6. The maximum Gasteiger partial charge on any atom is 0.408 e. The fourth-order valence-corrected chi connectivity index (χ4v) is 8.85. The molecule has 5 aromatic rings. The lowest BCUT2D eigenvalue weighted by molar-refractivity contribution is -0.142. The monoisotopic (exact) mass is 798 g/mol. The molecule has 0 unspecified atom stereocenters. The summed E-state index contributed by atoms with van der Waals surface area (Å²) in [5.74, 6) is 0.993. The highest BCUT2D eigenvalue weighted by Crippen LogP contribution is 2.37. The Morgan fingerprint density at radius 2 is 1.22 bits per heavy atom. The lowest BCUT2D eigenvalue weighted by Gasteiger charge is -2.35. The number of nitrogens with zero attached hydrogens (tertiary/aromatic N) is 4. The summed E-state index contributed by atoms with van der Waals surface area (Å²) in [7, 11) is 2.82. The van der Waals surface area contributed by atoms with E-state index in [1.165, 1.54) is 14.2 Å². The molecule has 4 amide bonds. The number of ether oxygens (including phenoxy) is 2. The molecule has 2 aromatic heterocycles. The van der Waals surface area contributed by atoms with Crippen LogP contribution in [0.15, 0.2) is 91.3 Å². The number of amides is 4. The summed E-state index contributed by atoms with van der Waals surface area (Å²) in [6, 6.07) is 25.0. The van der Waals surface area contributed by atoms with Crippen molar-refractivity contribution in [2.75, 3.05) is 27.2 Å². The van der Waals surface area contributed by atoms with E-state index in [0.717, 1.165) is 90.8 Å². The van der Waals surface area contributed by atoms with Crippen molar-refractivity contribution in [3.63, 3.8) is 0 Å². The highest BCUT2D eigenvalue weighted by Gasteiger charge is 2.41. The first-order valence-corrected chi connectivity index (χ1v) is 20.5. The van der Waals surface area contributed by atoms with Crippen molar-refractivity contribution in [3.05, 3.63) is 108 Å². The Labute approximate surface area is 343 Å². The molecule has 1 aliphatic carbocycles. The van der Waals surface area contributed by atoms with Gasteiger partial charge in [-0.15, -0.1) is 0 Å². The van der Waals surface area contributed by atoms with E-state index >= 15 is 0 Å². The van der Waals surface area contributed by atoms with Gasteiger partial charge in [0.2, 0.25) is 12.0 Å². The zero-order valence-corrected chi connectivity index (χ0v) is 33.4. The second-order valence-electron chi connectivity index (χ2n) is 15.5. The molecule has 3 aromatic carbocycles. The first kappa shape index (κ1) is 39.4. The standard InChI is InChI=1S/C45H50N8O6/c1-46-44(56)59-39(32-10-4-3-5-11-32)43(55)53-25-9-15-38(53)41-48-27-36(50-41)31-22-18-29(19-23-31)28-16-20-30(21-17-28)35-26-47-40(49-35)37-14-8-24-52(37)42(54)33-12-6-7-13-34(33)51-45(57)58-2/h3-5,10-11,16-23,26-27,33-34,37-39H,6-9,12-15,24-25H2,1-2H3,(H,46,56)(H,47,49)(H,48,50)(H,51,57)/t33-,34+,37-,38-,39+/m0/s1. The van der Waals surface area contributed by atoms with E-state index in [1.807, 2.05) is 29.3 Å². The quantitative estimate of drug-likeness (QED) is 0.113. The highest BCUT2D eigenvalue weighted by atomic mass is 16.6. The minimum Gasteiger partial charge on any atom is -0.453 e. The van der Waals surface area contributed by atoms with Gasteiger partial charge in [0.05, 0.1) is 48.9 Å². The summed E-state index contributed by atoms with van der Waals surface area (Å²) in [6.07, 6.45) is 8.13. The van der Waals surface area contributed by atoms with Crippen molar-refractivity contribution in [1.29, 1.82) is 0 Å². The van der Waals surface area contributed by atoms with Gasteiger partial charge in [0.15, 0.2) is 0 Å². The average molecular weight is 799 g/mol. The molecule has 8 rings (SSSR count). The third-order valence-corrected chi connectivity index (χ3v) is 11.9. The second-order valence-corrected chi connectivity index (χ2v) is 15.5. The number of aromatic amines is 2. The molecule has 3 aliphatic rings. The number of methoxy groups -OCH3 is 1. The topological polar surface area (TPSA) is 175 Å². The van der Waals surface area contributed by atoms with Gasteiger partial charge in [-0.2, -0.15) is 0 Å². The molecular formula is C45H50N8O6. The van der Waals surface area contributed by atoms with Gasteiger partial charge in [-0.3, -0.25) is 9.59 Å². The van der Waals surface area contributed by atoms with Gasteiger partial charge in [0.25, 0.3) is 5.91 Å². The number of alkyl carbamates (subject to hydrolysis) is 2. The first-order valence-electron chi connectivity index (χ1n) is 20.5. The van der Waals surface area contributed by atoms with Crippen LogP contribution in [0.25, 0.3) is 33.6 Å². The Hall–Kier alpha value is -6.44. The number of benzene rings is 3. The van der Waals surface area contributed by atoms with E-state index in [4.69, 9.17) is 19.4 Å². The Kier molecular flexibility index (Phi) is 11.7. The molecule has 1 saturated carbocycles. The molecule has 4 heterocycles. The molecule has 59 heavy (non-hydrogen) atoms. The molecule has 4 N–H and O–H groups in total. The largest absolute Gasteiger partial charge is 0.453 e. The molecule has 2 saturated heterocycles. The molecule has 0 bridgehead atoms. The third-order valence-electron chi connectivity index (χ3n) is 11.9. The molecule has 2 aliphatic heterocycles. The van der Waals surface area contributed by atoms with Gasteiger partial charge in [-0.25, -0.2) is 19.6 Å².